The lowest BCUT2D eigenvalue weighted by Gasteiger charge is -2.41. The number of phenols is 8. The van der Waals surface area contributed by atoms with Gasteiger partial charge in [0.2, 0.25) is 17.2 Å². The largest absolute Gasteiger partial charge is 0.508 e. The van der Waals surface area contributed by atoms with Crippen LogP contribution in [0.3, 0.4) is 0 Å². The van der Waals surface area contributed by atoms with Crippen LogP contribution in [0.2, 0.25) is 0 Å². The average molecular weight is 574 g/mol. The van der Waals surface area contributed by atoms with E-state index in [0.717, 1.165) is 12.1 Å². The van der Waals surface area contributed by atoms with E-state index in [0.29, 0.717) is 5.56 Å². The number of aromatic hydroxyl groups is 8. The van der Waals surface area contributed by atoms with Gasteiger partial charge >= 0.3 is 11.9 Å². The van der Waals surface area contributed by atoms with Gasteiger partial charge in [0.05, 0.1) is 17.4 Å². The van der Waals surface area contributed by atoms with E-state index in [1.165, 1.54) is 48.5 Å². The van der Waals surface area contributed by atoms with Crippen LogP contribution >= 0.6 is 0 Å². The molecule has 12 heteroatoms. The summed E-state index contributed by atoms with van der Waals surface area (Å²) >= 11 is 0. The van der Waals surface area contributed by atoms with Crippen LogP contribution in [0, 0.1) is 11.8 Å². The SMILES string of the molecule is O=C1Oc2c(O)c(O)c(O)c(O)c2[C@@H](c2ccc(O)cc2)[C@@H]1[C@@H]1C(=O)Oc2cc(O)cc(O)c2[C@@H]1c1ccc(O)cc1. The molecule has 0 aromatic heterocycles. The Morgan fingerprint density at radius 3 is 1.52 bits per heavy atom. The number of ether oxygens (including phenoxy) is 2. The van der Waals surface area contributed by atoms with Crippen LogP contribution in [-0.2, 0) is 9.59 Å². The maximum atomic E-state index is 13.8. The van der Waals surface area contributed by atoms with Crippen LogP contribution in [-0.4, -0.2) is 52.8 Å². The van der Waals surface area contributed by atoms with Crippen LogP contribution in [0.4, 0.5) is 0 Å². The van der Waals surface area contributed by atoms with Crippen molar-refractivity contribution >= 4 is 11.9 Å². The molecule has 12 nitrogen and oxygen atoms in total. The fourth-order valence-corrected chi connectivity index (χ4v) is 5.88. The second-order valence-corrected chi connectivity index (χ2v) is 10.0. The van der Waals surface area contributed by atoms with Gasteiger partial charge in [0.25, 0.3) is 0 Å². The fraction of sp³-hybridized carbons (Fsp3) is 0.133. The van der Waals surface area contributed by atoms with Crippen molar-refractivity contribution in [3.8, 4) is 57.5 Å². The minimum absolute atomic E-state index is 0.0340. The third-order valence-electron chi connectivity index (χ3n) is 7.68. The van der Waals surface area contributed by atoms with Crippen LogP contribution in [0.5, 0.6) is 57.5 Å². The summed E-state index contributed by atoms with van der Waals surface area (Å²) in [6.45, 7) is 0. The molecule has 214 valence electrons. The molecule has 0 radical (unpaired) electrons. The second-order valence-electron chi connectivity index (χ2n) is 10.0. The molecule has 42 heavy (non-hydrogen) atoms. The van der Waals surface area contributed by atoms with Gasteiger partial charge in [-0.3, -0.25) is 9.59 Å². The molecule has 2 aliphatic heterocycles. The number of esters is 2. The third kappa shape index (κ3) is 3.91. The Bertz CT molecular complexity index is 1760. The lowest BCUT2D eigenvalue weighted by molar-refractivity contribution is -0.154. The zero-order valence-corrected chi connectivity index (χ0v) is 21.3. The predicted molar refractivity (Wildman–Crippen MR) is 141 cm³/mol. The van der Waals surface area contributed by atoms with Gasteiger partial charge in [-0.1, -0.05) is 24.3 Å². The number of carbonyl (C=O) groups is 2. The molecule has 0 bridgehead atoms. The van der Waals surface area contributed by atoms with Crippen molar-refractivity contribution in [2.45, 2.75) is 11.8 Å². The molecule has 4 aromatic rings. The van der Waals surface area contributed by atoms with Gasteiger partial charge < -0.3 is 50.3 Å². The van der Waals surface area contributed by atoms with Crippen molar-refractivity contribution in [1.29, 1.82) is 0 Å². The predicted octanol–water partition coefficient (Wildman–Crippen LogP) is 3.37. The van der Waals surface area contributed by atoms with Gasteiger partial charge in [0.15, 0.2) is 11.5 Å². The molecule has 0 unspecified atom stereocenters. The Labute approximate surface area is 236 Å². The molecule has 0 amide bonds. The van der Waals surface area contributed by atoms with Gasteiger partial charge in [-0.05, 0) is 35.4 Å². The third-order valence-corrected chi connectivity index (χ3v) is 7.68. The number of carbonyl (C=O) groups excluding carboxylic acids is 2. The molecule has 0 aliphatic carbocycles. The zero-order valence-electron chi connectivity index (χ0n) is 21.3. The molecule has 2 heterocycles. The maximum absolute atomic E-state index is 13.8. The first kappa shape index (κ1) is 26.4. The Balaban J connectivity index is 1.65. The van der Waals surface area contributed by atoms with Crippen LogP contribution in [0.1, 0.15) is 34.1 Å². The van der Waals surface area contributed by atoms with E-state index in [4.69, 9.17) is 9.47 Å². The van der Waals surface area contributed by atoms with Crippen molar-refractivity contribution in [3.05, 3.63) is 82.9 Å². The summed E-state index contributed by atoms with van der Waals surface area (Å²) in [5.74, 6) is -13.8. The van der Waals surface area contributed by atoms with Gasteiger partial charge in [-0.15, -0.1) is 0 Å². The first-order chi connectivity index (χ1) is 20.0. The number of hydrogen-bond acceptors (Lipinski definition) is 12. The molecule has 6 rings (SSSR count). The maximum Gasteiger partial charge on any atom is 0.316 e. The topological polar surface area (TPSA) is 214 Å². The molecule has 0 saturated heterocycles. The summed E-state index contributed by atoms with van der Waals surface area (Å²) in [6, 6.07) is 13.1. The molecule has 8 N–H and O–H groups in total. The highest BCUT2D eigenvalue weighted by atomic mass is 16.6. The highest BCUT2D eigenvalue weighted by Gasteiger charge is 2.55. The molecular weight excluding hydrogens is 552 g/mol. The molecule has 0 spiro atoms. The number of benzene rings is 4. The molecule has 4 atom stereocenters. The van der Waals surface area contributed by atoms with E-state index in [9.17, 15) is 50.4 Å². The normalized spacial score (nSPS) is 21.1. The van der Waals surface area contributed by atoms with Crippen molar-refractivity contribution in [1.82, 2.24) is 0 Å². The van der Waals surface area contributed by atoms with Gasteiger partial charge in [-0.25, -0.2) is 0 Å². The summed E-state index contributed by atoms with van der Waals surface area (Å²) in [7, 11) is 0. The van der Waals surface area contributed by atoms with Gasteiger partial charge in [-0.2, -0.15) is 0 Å². The first-order valence-electron chi connectivity index (χ1n) is 12.5. The molecule has 4 aromatic carbocycles. The lowest BCUT2D eigenvalue weighted by Crippen LogP contribution is -2.46. The zero-order chi connectivity index (χ0) is 30.0. The van der Waals surface area contributed by atoms with E-state index in [1.807, 2.05) is 0 Å². The van der Waals surface area contributed by atoms with E-state index in [-0.39, 0.29) is 33.9 Å². The average Bonchev–Trinajstić information content (AvgIpc) is 2.95. The number of phenolic OH excluding ortho intramolecular Hbond substituents is 8. The van der Waals surface area contributed by atoms with Crippen molar-refractivity contribution < 1.29 is 59.9 Å². The Kier molecular flexibility index (Phi) is 5.92. The first-order valence-corrected chi connectivity index (χ1v) is 12.5. The lowest BCUT2D eigenvalue weighted by atomic mass is 9.65. The van der Waals surface area contributed by atoms with Gasteiger partial charge in [0, 0.05) is 29.5 Å². The van der Waals surface area contributed by atoms with E-state index >= 15 is 0 Å². The monoisotopic (exact) mass is 574 g/mol. The van der Waals surface area contributed by atoms with E-state index in [2.05, 4.69) is 0 Å². The highest BCUT2D eigenvalue weighted by molar-refractivity contribution is 5.92. The summed E-state index contributed by atoms with van der Waals surface area (Å²) in [4.78, 5) is 27.6. The van der Waals surface area contributed by atoms with Crippen molar-refractivity contribution in [2.75, 3.05) is 0 Å². The number of rotatable bonds is 3. The minimum atomic E-state index is -1.57. The van der Waals surface area contributed by atoms with Crippen LogP contribution in [0.25, 0.3) is 0 Å². The molecule has 2 aliphatic rings. The highest BCUT2D eigenvalue weighted by Crippen LogP contribution is 2.61. The quantitative estimate of drug-likeness (QED) is 0.0765. The number of hydrogen-bond donors (Lipinski definition) is 8. The summed E-state index contributed by atoms with van der Waals surface area (Å²) < 4.78 is 10.9. The van der Waals surface area contributed by atoms with Crippen molar-refractivity contribution in [2.24, 2.45) is 11.8 Å². The standard InChI is InChI=1S/C30H22O12/c31-13-5-1-11(2-6-13)18-20-16(34)9-15(33)10-17(20)41-29(39)21(18)22-19(12-3-7-14(32)8-4-12)23-24(35)25(36)26(37)27(38)28(23)42-30(22)40/h1-10,18-19,21-22,31-38H/t18-,19-,21+,22+/m0/s1. The summed E-state index contributed by atoms with van der Waals surface area (Å²) in [5.41, 5.74) is 0.275. The van der Waals surface area contributed by atoms with Crippen LogP contribution in [0.15, 0.2) is 60.7 Å². The molecule has 0 saturated carbocycles. The Hall–Kier alpha value is -5.78. The number of fused-ring (bicyclic) bond motifs is 2. The van der Waals surface area contributed by atoms with E-state index < -0.39 is 75.9 Å². The Morgan fingerprint density at radius 1 is 0.500 bits per heavy atom. The summed E-state index contributed by atoms with van der Waals surface area (Å²) in [5, 5.41) is 82.9. The van der Waals surface area contributed by atoms with Crippen molar-refractivity contribution in [3.63, 3.8) is 0 Å². The summed E-state index contributed by atoms with van der Waals surface area (Å²) in [6.07, 6.45) is 0. The smallest absolute Gasteiger partial charge is 0.316 e. The minimum Gasteiger partial charge on any atom is -0.508 e. The fourth-order valence-electron chi connectivity index (χ4n) is 5.88. The van der Waals surface area contributed by atoms with Gasteiger partial charge in [0.1, 0.15) is 28.7 Å². The molecular formula is C30H22O12. The molecule has 0 fully saturated rings. The van der Waals surface area contributed by atoms with Crippen LogP contribution < -0.4 is 9.47 Å². The van der Waals surface area contributed by atoms with E-state index in [1.54, 1.807) is 0 Å². The Morgan fingerprint density at radius 2 is 0.976 bits per heavy atom. The second kappa shape index (κ2) is 9.41.